The zero-order valence-electron chi connectivity index (χ0n) is 12.3. The predicted molar refractivity (Wildman–Crippen MR) is 83.3 cm³/mol. The zero-order chi connectivity index (χ0) is 14.5. The highest BCUT2D eigenvalue weighted by Crippen LogP contribution is 2.32. The molecule has 1 aliphatic carbocycles. The molecule has 112 valence electrons. The molecule has 0 bridgehead atoms. The molecule has 2 aromatic rings. The Balaban J connectivity index is 1.74. The van der Waals surface area contributed by atoms with Crippen LogP contribution >= 0.6 is 0 Å². The van der Waals surface area contributed by atoms with E-state index in [0.29, 0.717) is 12.6 Å². The molecule has 4 nitrogen and oxygen atoms in total. The van der Waals surface area contributed by atoms with Gasteiger partial charge >= 0.3 is 0 Å². The van der Waals surface area contributed by atoms with Crippen LogP contribution < -0.4 is 10.5 Å². The van der Waals surface area contributed by atoms with Gasteiger partial charge in [-0.1, -0.05) is 18.6 Å². The first-order chi connectivity index (χ1) is 10.4. The van der Waals surface area contributed by atoms with E-state index in [2.05, 4.69) is 27.8 Å². The van der Waals surface area contributed by atoms with E-state index in [-0.39, 0.29) is 6.10 Å². The average molecular weight is 285 g/mol. The minimum Gasteiger partial charge on any atom is -0.488 e. The standard InChI is InChI=1S/C17H23N3O/c18-9-8-14-4-3-5-15(12-14)21-17-7-2-1-6-16(17)20-11-10-19-13-20/h3-5,10-13,16-17H,1-2,6-9,18H2. The van der Waals surface area contributed by atoms with Crippen molar-refractivity contribution in [1.82, 2.24) is 9.55 Å². The number of nitrogens with zero attached hydrogens (tertiary/aromatic N) is 2. The molecule has 4 heteroatoms. The highest BCUT2D eigenvalue weighted by Gasteiger charge is 2.27. The predicted octanol–water partition coefficient (Wildman–Crippen LogP) is 2.95. The monoisotopic (exact) mass is 285 g/mol. The molecule has 0 spiro atoms. The van der Waals surface area contributed by atoms with Gasteiger partial charge in [0.2, 0.25) is 0 Å². The summed E-state index contributed by atoms with van der Waals surface area (Å²) in [7, 11) is 0. The van der Waals surface area contributed by atoms with Crippen LogP contribution in [0.4, 0.5) is 0 Å². The third-order valence-electron chi connectivity index (χ3n) is 4.19. The van der Waals surface area contributed by atoms with Gasteiger partial charge in [-0.15, -0.1) is 0 Å². The number of ether oxygens (including phenoxy) is 1. The topological polar surface area (TPSA) is 53.1 Å². The Morgan fingerprint density at radius 3 is 3.00 bits per heavy atom. The average Bonchev–Trinajstić information content (AvgIpc) is 3.03. The van der Waals surface area contributed by atoms with Crippen LogP contribution in [0, 0.1) is 0 Å². The van der Waals surface area contributed by atoms with Crippen molar-refractivity contribution in [3.05, 3.63) is 48.5 Å². The van der Waals surface area contributed by atoms with Crippen molar-refractivity contribution < 1.29 is 4.74 Å². The van der Waals surface area contributed by atoms with Gasteiger partial charge in [-0.05, 0) is 49.9 Å². The Labute approximate surface area is 125 Å². The van der Waals surface area contributed by atoms with E-state index in [1.807, 2.05) is 24.8 Å². The highest BCUT2D eigenvalue weighted by atomic mass is 16.5. The summed E-state index contributed by atoms with van der Waals surface area (Å²) in [4.78, 5) is 4.17. The van der Waals surface area contributed by atoms with E-state index in [4.69, 9.17) is 10.5 Å². The molecule has 0 aliphatic heterocycles. The molecule has 1 aromatic carbocycles. The lowest BCUT2D eigenvalue weighted by Gasteiger charge is -2.32. The van der Waals surface area contributed by atoms with Crippen molar-refractivity contribution in [2.24, 2.45) is 5.73 Å². The molecule has 0 amide bonds. The Kier molecular flexibility index (Phi) is 4.55. The number of benzene rings is 1. The van der Waals surface area contributed by atoms with Crippen LogP contribution in [0.25, 0.3) is 0 Å². The van der Waals surface area contributed by atoms with Crippen LogP contribution in [-0.2, 0) is 6.42 Å². The molecule has 21 heavy (non-hydrogen) atoms. The fraction of sp³-hybridized carbons (Fsp3) is 0.471. The second-order valence-corrected chi connectivity index (χ2v) is 5.70. The highest BCUT2D eigenvalue weighted by molar-refractivity contribution is 5.29. The van der Waals surface area contributed by atoms with Gasteiger partial charge in [-0.25, -0.2) is 4.98 Å². The summed E-state index contributed by atoms with van der Waals surface area (Å²) in [5, 5.41) is 0. The lowest BCUT2D eigenvalue weighted by Crippen LogP contribution is -2.32. The van der Waals surface area contributed by atoms with Gasteiger partial charge in [0.15, 0.2) is 0 Å². The maximum atomic E-state index is 6.29. The molecule has 2 unspecified atom stereocenters. The number of aromatic nitrogens is 2. The summed E-state index contributed by atoms with van der Waals surface area (Å²) in [6.45, 7) is 0.671. The number of rotatable bonds is 5. The summed E-state index contributed by atoms with van der Waals surface area (Å²) >= 11 is 0. The summed E-state index contributed by atoms with van der Waals surface area (Å²) in [6.07, 6.45) is 11.7. The first kappa shape index (κ1) is 14.1. The van der Waals surface area contributed by atoms with Crippen LogP contribution in [0.1, 0.15) is 37.3 Å². The van der Waals surface area contributed by atoms with Crippen molar-refractivity contribution in [3.8, 4) is 5.75 Å². The van der Waals surface area contributed by atoms with Gasteiger partial charge in [0.25, 0.3) is 0 Å². The summed E-state index contributed by atoms with van der Waals surface area (Å²) in [5.41, 5.74) is 6.87. The van der Waals surface area contributed by atoms with Crippen molar-refractivity contribution in [1.29, 1.82) is 0 Å². The maximum Gasteiger partial charge on any atom is 0.120 e. The number of hydrogen-bond acceptors (Lipinski definition) is 3. The molecule has 1 fully saturated rings. The SMILES string of the molecule is NCCc1cccc(OC2CCCCC2n2ccnc2)c1. The van der Waals surface area contributed by atoms with Crippen molar-refractivity contribution in [2.45, 2.75) is 44.2 Å². The van der Waals surface area contributed by atoms with Crippen molar-refractivity contribution in [3.63, 3.8) is 0 Å². The molecular weight excluding hydrogens is 262 g/mol. The molecule has 3 rings (SSSR count). The third-order valence-corrected chi connectivity index (χ3v) is 4.19. The summed E-state index contributed by atoms with van der Waals surface area (Å²) in [6, 6.07) is 8.70. The second kappa shape index (κ2) is 6.76. The lowest BCUT2D eigenvalue weighted by atomic mass is 9.92. The maximum absolute atomic E-state index is 6.29. The van der Waals surface area contributed by atoms with E-state index >= 15 is 0 Å². The molecule has 1 saturated carbocycles. The van der Waals surface area contributed by atoms with E-state index in [1.54, 1.807) is 0 Å². The summed E-state index contributed by atoms with van der Waals surface area (Å²) < 4.78 is 8.48. The molecule has 1 aliphatic rings. The Bertz CT molecular complexity index is 553. The largest absolute Gasteiger partial charge is 0.488 e. The van der Waals surface area contributed by atoms with Gasteiger partial charge in [-0.3, -0.25) is 0 Å². The summed E-state index contributed by atoms with van der Waals surface area (Å²) in [5.74, 6) is 0.956. The minimum atomic E-state index is 0.223. The molecule has 0 saturated heterocycles. The second-order valence-electron chi connectivity index (χ2n) is 5.70. The smallest absolute Gasteiger partial charge is 0.120 e. The zero-order valence-corrected chi connectivity index (χ0v) is 12.3. The quantitative estimate of drug-likeness (QED) is 0.919. The Morgan fingerprint density at radius 2 is 2.19 bits per heavy atom. The van der Waals surface area contributed by atoms with E-state index < -0.39 is 0 Å². The van der Waals surface area contributed by atoms with Gasteiger partial charge in [-0.2, -0.15) is 0 Å². The van der Waals surface area contributed by atoms with Crippen LogP contribution in [-0.4, -0.2) is 22.2 Å². The lowest BCUT2D eigenvalue weighted by molar-refractivity contribution is 0.0977. The normalized spacial score (nSPS) is 22.1. The first-order valence-corrected chi connectivity index (χ1v) is 7.80. The van der Waals surface area contributed by atoms with E-state index in [0.717, 1.165) is 25.0 Å². The Morgan fingerprint density at radius 1 is 1.29 bits per heavy atom. The molecular formula is C17H23N3O. The number of hydrogen-bond donors (Lipinski definition) is 1. The number of imidazole rings is 1. The van der Waals surface area contributed by atoms with Crippen molar-refractivity contribution in [2.75, 3.05) is 6.54 Å². The van der Waals surface area contributed by atoms with E-state index in [1.165, 1.54) is 18.4 Å². The van der Waals surface area contributed by atoms with Gasteiger partial charge in [0.05, 0.1) is 12.4 Å². The van der Waals surface area contributed by atoms with Crippen LogP contribution in [0.5, 0.6) is 5.75 Å². The van der Waals surface area contributed by atoms with Crippen LogP contribution in [0.2, 0.25) is 0 Å². The molecule has 0 radical (unpaired) electrons. The van der Waals surface area contributed by atoms with E-state index in [9.17, 15) is 0 Å². The molecule has 1 aromatic heterocycles. The molecule has 1 heterocycles. The van der Waals surface area contributed by atoms with Crippen LogP contribution in [0.15, 0.2) is 43.0 Å². The minimum absolute atomic E-state index is 0.223. The third kappa shape index (κ3) is 3.45. The Hall–Kier alpha value is -1.81. The van der Waals surface area contributed by atoms with Crippen LogP contribution in [0.3, 0.4) is 0 Å². The van der Waals surface area contributed by atoms with Crippen molar-refractivity contribution >= 4 is 0 Å². The van der Waals surface area contributed by atoms with Gasteiger partial charge in [0.1, 0.15) is 11.9 Å². The molecule has 2 atom stereocenters. The fourth-order valence-corrected chi connectivity index (χ4v) is 3.14. The number of nitrogens with two attached hydrogens (primary N) is 1. The fourth-order valence-electron chi connectivity index (χ4n) is 3.14. The van der Waals surface area contributed by atoms with Gasteiger partial charge in [0, 0.05) is 12.4 Å². The first-order valence-electron chi connectivity index (χ1n) is 7.80. The molecule has 2 N–H and O–H groups in total. The van der Waals surface area contributed by atoms with Gasteiger partial charge < -0.3 is 15.0 Å².